The Kier molecular flexibility index (Phi) is 1.22. The van der Waals surface area contributed by atoms with Gasteiger partial charge in [0.1, 0.15) is 6.17 Å². The third-order valence-corrected chi connectivity index (χ3v) is 2.32. The van der Waals surface area contributed by atoms with Crippen molar-refractivity contribution >= 4 is 17.6 Å². The molecule has 0 aliphatic carbocycles. The summed E-state index contributed by atoms with van der Waals surface area (Å²) in [6, 6.07) is 8.14. The molecule has 0 radical (unpaired) electrons. The Balaban J connectivity index is 2.17. The molecular weight excluding hydrogens is 162 g/mol. The maximum absolute atomic E-state index is 4.37. The van der Waals surface area contributed by atoms with Gasteiger partial charge in [0.15, 0.2) is 0 Å². The van der Waals surface area contributed by atoms with Gasteiger partial charge in [-0.2, -0.15) is 0 Å². The van der Waals surface area contributed by atoms with Crippen LogP contribution in [-0.2, 0) is 0 Å². The van der Waals surface area contributed by atoms with Crippen molar-refractivity contribution in [1.82, 2.24) is 5.32 Å². The van der Waals surface area contributed by atoms with E-state index in [9.17, 15) is 0 Å². The fourth-order valence-electron chi connectivity index (χ4n) is 1.68. The first-order valence-electron chi connectivity index (χ1n) is 4.29. The molecule has 0 spiro atoms. The summed E-state index contributed by atoms with van der Waals surface area (Å²) in [5, 5.41) is 3.20. The van der Waals surface area contributed by atoms with Crippen LogP contribution in [0.5, 0.6) is 0 Å². The SMILES string of the molecule is C1=CN2c3ccccc3N=C[C@H]2N1. The Morgan fingerprint density at radius 2 is 2.23 bits per heavy atom. The summed E-state index contributed by atoms with van der Waals surface area (Å²) < 4.78 is 0. The van der Waals surface area contributed by atoms with Gasteiger partial charge < -0.3 is 10.2 Å². The zero-order valence-electron chi connectivity index (χ0n) is 7.01. The largest absolute Gasteiger partial charge is 0.365 e. The second kappa shape index (κ2) is 2.36. The summed E-state index contributed by atoms with van der Waals surface area (Å²) in [6.45, 7) is 0. The maximum atomic E-state index is 4.37. The van der Waals surface area contributed by atoms with E-state index >= 15 is 0 Å². The van der Waals surface area contributed by atoms with Gasteiger partial charge in [-0.25, -0.2) is 0 Å². The van der Waals surface area contributed by atoms with E-state index < -0.39 is 0 Å². The lowest BCUT2D eigenvalue weighted by Gasteiger charge is -2.27. The Bertz CT molecular complexity index is 395. The predicted octanol–water partition coefficient (Wildman–Crippen LogP) is 1.61. The minimum absolute atomic E-state index is 0.204. The fraction of sp³-hybridized carbons (Fsp3) is 0.100. The molecule has 0 unspecified atom stereocenters. The molecule has 0 saturated heterocycles. The third-order valence-electron chi connectivity index (χ3n) is 2.32. The second-order valence-corrected chi connectivity index (χ2v) is 3.10. The topological polar surface area (TPSA) is 27.6 Å². The molecule has 2 aliphatic rings. The molecule has 2 aliphatic heterocycles. The van der Waals surface area contributed by atoms with Crippen molar-refractivity contribution in [2.45, 2.75) is 6.17 Å². The molecule has 3 rings (SSSR count). The molecule has 2 heterocycles. The van der Waals surface area contributed by atoms with Gasteiger partial charge in [-0.15, -0.1) is 0 Å². The van der Waals surface area contributed by atoms with Gasteiger partial charge in [0.05, 0.1) is 11.4 Å². The average molecular weight is 171 g/mol. The molecule has 3 heteroatoms. The molecule has 0 saturated carbocycles. The third kappa shape index (κ3) is 0.869. The van der Waals surface area contributed by atoms with E-state index in [1.165, 1.54) is 0 Å². The highest BCUT2D eigenvalue weighted by atomic mass is 15.3. The predicted molar refractivity (Wildman–Crippen MR) is 53.1 cm³/mol. The normalized spacial score (nSPS) is 22.5. The van der Waals surface area contributed by atoms with Crippen LogP contribution in [0.2, 0.25) is 0 Å². The Hall–Kier alpha value is -1.77. The molecular formula is C10H9N3. The van der Waals surface area contributed by atoms with Crippen LogP contribution in [0.4, 0.5) is 11.4 Å². The monoisotopic (exact) mass is 171 g/mol. The Morgan fingerprint density at radius 3 is 3.23 bits per heavy atom. The van der Waals surface area contributed by atoms with Crippen molar-refractivity contribution in [2.24, 2.45) is 4.99 Å². The van der Waals surface area contributed by atoms with E-state index in [-0.39, 0.29) is 6.17 Å². The van der Waals surface area contributed by atoms with Crippen molar-refractivity contribution in [3.8, 4) is 0 Å². The Labute approximate surface area is 76.4 Å². The lowest BCUT2D eigenvalue weighted by molar-refractivity contribution is 0.793. The number of hydrogen-bond acceptors (Lipinski definition) is 3. The minimum atomic E-state index is 0.204. The van der Waals surface area contributed by atoms with Crippen LogP contribution >= 0.6 is 0 Å². The Morgan fingerprint density at radius 1 is 1.31 bits per heavy atom. The first kappa shape index (κ1) is 6.71. The van der Waals surface area contributed by atoms with Gasteiger partial charge in [-0.05, 0) is 12.1 Å². The number of nitrogens with zero attached hydrogens (tertiary/aromatic N) is 2. The summed E-state index contributed by atoms with van der Waals surface area (Å²) in [5.41, 5.74) is 2.20. The molecule has 64 valence electrons. The molecule has 0 bridgehead atoms. The number of hydrogen-bond donors (Lipinski definition) is 1. The first-order valence-corrected chi connectivity index (χ1v) is 4.29. The summed E-state index contributed by atoms with van der Waals surface area (Å²) in [7, 11) is 0. The van der Waals surface area contributed by atoms with E-state index in [4.69, 9.17) is 0 Å². The number of rotatable bonds is 0. The van der Waals surface area contributed by atoms with Crippen molar-refractivity contribution in [3.05, 3.63) is 36.7 Å². The van der Waals surface area contributed by atoms with Gasteiger partial charge in [-0.3, -0.25) is 4.99 Å². The highest BCUT2D eigenvalue weighted by molar-refractivity contribution is 5.85. The highest BCUT2D eigenvalue weighted by Crippen LogP contribution is 2.33. The number of para-hydroxylation sites is 2. The van der Waals surface area contributed by atoms with E-state index in [0.717, 1.165) is 11.4 Å². The molecule has 1 N–H and O–H groups in total. The van der Waals surface area contributed by atoms with Crippen LogP contribution in [0.1, 0.15) is 0 Å². The summed E-state index contributed by atoms with van der Waals surface area (Å²) in [4.78, 5) is 6.54. The van der Waals surface area contributed by atoms with E-state index in [1.807, 2.05) is 36.8 Å². The molecule has 1 atom stereocenters. The zero-order valence-corrected chi connectivity index (χ0v) is 7.01. The number of nitrogens with one attached hydrogen (secondary N) is 1. The van der Waals surface area contributed by atoms with Crippen molar-refractivity contribution in [2.75, 3.05) is 4.90 Å². The van der Waals surface area contributed by atoms with Gasteiger partial charge >= 0.3 is 0 Å². The summed E-state index contributed by atoms with van der Waals surface area (Å²) in [6.07, 6.45) is 6.10. The van der Waals surface area contributed by atoms with Crippen molar-refractivity contribution in [1.29, 1.82) is 0 Å². The van der Waals surface area contributed by atoms with Crippen LogP contribution in [0.3, 0.4) is 0 Å². The smallest absolute Gasteiger partial charge is 0.139 e. The molecule has 3 nitrogen and oxygen atoms in total. The zero-order chi connectivity index (χ0) is 8.67. The van der Waals surface area contributed by atoms with Crippen LogP contribution in [0.25, 0.3) is 0 Å². The molecule has 13 heavy (non-hydrogen) atoms. The van der Waals surface area contributed by atoms with Crippen LogP contribution in [-0.4, -0.2) is 12.4 Å². The fourth-order valence-corrected chi connectivity index (χ4v) is 1.68. The number of benzene rings is 1. The van der Waals surface area contributed by atoms with Gasteiger partial charge in [-0.1, -0.05) is 12.1 Å². The standard InChI is InChI=1S/C10H9N3/c1-2-4-9-8(3-1)12-7-10-11-5-6-13(9)10/h1-7,10-11H/t10-/m0/s1. The quantitative estimate of drug-likeness (QED) is 0.642. The number of anilines is 1. The molecule has 0 aromatic heterocycles. The lowest BCUT2D eigenvalue weighted by Crippen LogP contribution is -2.38. The maximum Gasteiger partial charge on any atom is 0.139 e. The van der Waals surface area contributed by atoms with Gasteiger partial charge in [0, 0.05) is 18.6 Å². The molecule has 1 aromatic rings. The van der Waals surface area contributed by atoms with Crippen LogP contribution in [0, 0.1) is 0 Å². The van der Waals surface area contributed by atoms with Gasteiger partial charge in [0.25, 0.3) is 0 Å². The van der Waals surface area contributed by atoms with Gasteiger partial charge in [0.2, 0.25) is 0 Å². The highest BCUT2D eigenvalue weighted by Gasteiger charge is 2.23. The minimum Gasteiger partial charge on any atom is -0.365 e. The molecule has 0 fully saturated rings. The lowest BCUT2D eigenvalue weighted by atomic mass is 10.2. The number of fused-ring (bicyclic) bond motifs is 3. The summed E-state index contributed by atoms with van der Waals surface area (Å²) in [5.74, 6) is 0. The molecule has 0 amide bonds. The van der Waals surface area contributed by atoms with E-state index in [0.29, 0.717) is 0 Å². The van der Waals surface area contributed by atoms with E-state index in [2.05, 4.69) is 21.3 Å². The van der Waals surface area contributed by atoms with E-state index in [1.54, 1.807) is 0 Å². The van der Waals surface area contributed by atoms with Crippen LogP contribution < -0.4 is 10.2 Å². The van der Waals surface area contributed by atoms with Crippen LogP contribution in [0.15, 0.2) is 41.7 Å². The average Bonchev–Trinajstić information content (AvgIpc) is 2.65. The summed E-state index contributed by atoms with van der Waals surface area (Å²) >= 11 is 0. The first-order chi connectivity index (χ1) is 6.45. The second-order valence-electron chi connectivity index (χ2n) is 3.10. The molecule has 1 aromatic carbocycles. The number of aliphatic imine (C=N–C) groups is 1. The van der Waals surface area contributed by atoms with Crippen molar-refractivity contribution < 1.29 is 0 Å². The van der Waals surface area contributed by atoms with Crippen molar-refractivity contribution in [3.63, 3.8) is 0 Å².